The molecule has 0 radical (unpaired) electrons. The summed E-state index contributed by atoms with van der Waals surface area (Å²) in [5.74, 6) is -1.39. The Morgan fingerprint density at radius 3 is 2.65 bits per heavy atom. The summed E-state index contributed by atoms with van der Waals surface area (Å²) in [6, 6.07) is 10.9. The van der Waals surface area contributed by atoms with Crippen LogP contribution < -0.4 is 0 Å². The summed E-state index contributed by atoms with van der Waals surface area (Å²) in [4.78, 5) is 13.2. The van der Waals surface area contributed by atoms with E-state index in [1.165, 1.54) is 12.1 Å². The molecule has 0 bridgehead atoms. The van der Waals surface area contributed by atoms with Gasteiger partial charge < -0.3 is 9.15 Å². The van der Waals surface area contributed by atoms with Gasteiger partial charge in [0, 0.05) is 17.7 Å². The molecule has 1 aromatic heterocycles. The Hall–Kier alpha value is -3.24. The zero-order chi connectivity index (χ0) is 21.5. The summed E-state index contributed by atoms with van der Waals surface area (Å²) >= 11 is 0. The Balaban J connectivity index is 1.42. The molecule has 2 aliphatic heterocycles. The number of carbonyl (C=O) groups is 1. The summed E-state index contributed by atoms with van der Waals surface area (Å²) in [5.41, 5.74) is 2.48. The maximum atomic E-state index is 13.3. The minimum atomic E-state index is -2.86. The van der Waals surface area contributed by atoms with Crippen molar-refractivity contribution in [1.29, 1.82) is 0 Å². The fraction of sp³-hybridized carbons (Fsp3) is 0.286. The van der Waals surface area contributed by atoms with Crippen molar-refractivity contribution in [3.8, 4) is 11.5 Å². The van der Waals surface area contributed by atoms with Gasteiger partial charge >= 0.3 is 6.43 Å². The molecule has 2 aliphatic rings. The number of hydrazine groups is 1. The third kappa shape index (κ3) is 3.57. The lowest BCUT2D eigenvalue weighted by atomic mass is 10.1. The topological polar surface area (TPSA) is 71.7 Å². The summed E-state index contributed by atoms with van der Waals surface area (Å²) in [6.07, 6.45) is -2.86. The molecule has 1 fully saturated rings. The van der Waals surface area contributed by atoms with E-state index < -0.39 is 12.3 Å². The van der Waals surface area contributed by atoms with Crippen LogP contribution >= 0.6 is 0 Å². The number of fused-ring (bicyclic) bond motifs is 1. The third-order valence-electron chi connectivity index (χ3n) is 5.43. The quantitative estimate of drug-likeness (QED) is 0.628. The molecule has 1 unspecified atom stereocenters. The van der Waals surface area contributed by atoms with Gasteiger partial charge in [0.15, 0.2) is 0 Å². The first kappa shape index (κ1) is 19.7. The second kappa shape index (κ2) is 7.78. The Labute approximate surface area is 175 Å². The first-order valence-electron chi connectivity index (χ1n) is 9.68. The summed E-state index contributed by atoms with van der Waals surface area (Å²) in [7, 11) is 0. The molecular weight excluding hydrogens is 413 g/mol. The Morgan fingerprint density at radius 1 is 1.10 bits per heavy atom. The number of amides is 1. The predicted molar refractivity (Wildman–Crippen MR) is 101 cm³/mol. The molecule has 7 nitrogen and oxygen atoms in total. The number of halogens is 3. The van der Waals surface area contributed by atoms with Crippen molar-refractivity contribution in [2.24, 2.45) is 0 Å². The molecule has 3 heterocycles. The van der Waals surface area contributed by atoms with Crippen LogP contribution in [0.2, 0.25) is 0 Å². The van der Waals surface area contributed by atoms with E-state index in [-0.39, 0.29) is 23.7 Å². The predicted octanol–water partition coefficient (Wildman–Crippen LogP) is 3.76. The van der Waals surface area contributed by atoms with Crippen LogP contribution in [-0.4, -0.2) is 45.9 Å². The van der Waals surface area contributed by atoms with Crippen LogP contribution in [0.5, 0.6) is 0 Å². The molecule has 31 heavy (non-hydrogen) atoms. The number of ether oxygens (including phenoxy) is 1. The second-order valence-corrected chi connectivity index (χ2v) is 7.29. The number of rotatable bonds is 4. The number of alkyl halides is 2. The minimum Gasteiger partial charge on any atom is -0.415 e. The molecule has 5 rings (SSSR count). The van der Waals surface area contributed by atoms with Gasteiger partial charge in [0.05, 0.1) is 25.8 Å². The van der Waals surface area contributed by atoms with Gasteiger partial charge in [-0.15, -0.1) is 10.2 Å². The van der Waals surface area contributed by atoms with E-state index in [1.54, 1.807) is 35.3 Å². The molecule has 1 atom stereocenters. The van der Waals surface area contributed by atoms with E-state index in [0.29, 0.717) is 37.4 Å². The van der Waals surface area contributed by atoms with E-state index in [2.05, 4.69) is 10.2 Å². The molecule has 0 saturated carbocycles. The monoisotopic (exact) mass is 430 g/mol. The van der Waals surface area contributed by atoms with Crippen molar-refractivity contribution in [2.75, 3.05) is 19.8 Å². The van der Waals surface area contributed by atoms with Crippen molar-refractivity contribution in [2.45, 2.75) is 19.0 Å². The van der Waals surface area contributed by atoms with Crippen LogP contribution in [0.1, 0.15) is 39.8 Å². The van der Waals surface area contributed by atoms with E-state index >= 15 is 0 Å². The smallest absolute Gasteiger partial charge is 0.314 e. The molecule has 160 valence electrons. The van der Waals surface area contributed by atoms with Gasteiger partial charge in [0.1, 0.15) is 5.82 Å². The van der Waals surface area contributed by atoms with Crippen LogP contribution in [0.3, 0.4) is 0 Å². The summed E-state index contributed by atoms with van der Waals surface area (Å²) in [5, 5.41) is 10.6. The summed E-state index contributed by atoms with van der Waals surface area (Å²) < 4.78 is 49.4. The standard InChI is InChI=1S/C21H17F3N4O3/c22-15-5-3-12(4-6-15)17-11-30-8-7-27(17)28-10-14-2-1-13(9-16(14)21(28)29)19-25-26-20(31-19)18(23)24/h1-6,9,17-18H,7-8,10-11H2. The van der Waals surface area contributed by atoms with Gasteiger partial charge in [-0.25, -0.2) is 9.40 Å². The molecule has 0 aliphatic carbocycles. The number of benzene rings is 2. The lowest BCUT2D eigenvalue weighted by molar-refractivity contribution is -0.110. The van der Waals surface area contributed by atoms with Gasteiger partial charge in [-0.05, 0) is 35.4 Å². The fourth-order valence-corrected chi connectivity index (χ4v) is 3.90. The summed E-state index contributed by atoms with van der Waals surface area (Å²) in [6.45, 7) is 1.69. The average Bonchev–Trinajstić information content (AvgIpc) is 3.40. The largest absolute Gasteiger partial charge is 0.415 e. The van der Waals surface area contributed by atoms with Crippen LogP contribution in [-0.2, 0) is 11.3 Å². The van der Waals surface area contributed by atoms with Crippen molar-refractivity contribution in [1.82, 2.24) is 20.2 Å². The fourth-order valence-electron chi connectivity index (χ4n) is 3.90. The molecular formula is C21H17F3N4O3. The van der Waals surface area contributed by atoms with Crippen molar-refractivity contribution >= 4 is 5.91 Å². The van der Waals surface area contributed by atoms with Gasteiger partial charge in [-0.1, -0.05) is 18.2 Å². The van der Waals surface area contributed by atoms with E-state index in [9.17, 15) is 18.0 Å². The zero-order valence-electron chi connectivity index (χ0n) is 16.2. The lowest BCUT2D eigenvalue weighted by Gasteiger charge is -2.41. The number of hydrogen-bond acceptors (Lipinski definition) is 6. The molecule has 0 N–H and O–H groups in total. The number of carbonyl (C=O) groups excluding carboxylic acids is 1. The highest BCUT2D eigenvalue weighted by molar-refractivity contribution is 5.99. The van der Waals surface area contributed by atoms with Gasteiger partial charge in [0.2, 0.25) is 5.89 Å². The number of hydrogen-bond donors (Lipinski definition) is 0. The van der Waals surface area contributed by atoms with Crippen molar-refractivity contribution < 1.29 is 27.1 Å². The second-order valence-electron chi connectivity index (χ2n) is 7.29. The zero-order valence-corrected chi connectivity index (χ0v) is 16.2. The number of morpholine rings is 1. The van der Waals surface area contributed by atoms with E-state index in [1.807, 2.05) is 5.01 Å². The van der Waals surface area contributed by atoms with Crippen molar-refractivity contribution in [3.05, 3.63) is 70.9 Å². The van der Waals surface area contributed by atoms with Gasteiger partial charge in [0.25, 0.3) is 11.8 Å². The lowest BCUT2D eigenvalue weighted by Crippen LogP contribution is -2.50. The third-order valence-corrected chi connectivity index (χ3v) is 5.43. The van der Waals surface area contributed by atoms with Crippen LogP contribution in [0.4, 0.5) is 13.2 Å². The first-order valence-corrected chi connectivity index (χ1v) is 9.68. The minimum absolute atomic E-state index is 0.0695. The highest BCUT2D eigenvalue weighted by atomic mass is 19.3. The first-order chi connectivity index (χ1) is 15.0. The molecule has 0 spiro atoms. The van der Waals surface area contributed by atoms with Crippen molar-refractivity contribution in [3.63, 3.8) is 0 Å². The number of aromatic nitrogens is 2. The maximum absolute atomic E-state index is 13.3. The van der Waals surface area contributed by atoms with E-state index in [4.69, 9.17) is 9.15 Å². The van der Waals surface area contributed by atoms with E-state index in [0.717, 1.165) is 11.1 Å². The van der Waals surface area contributed by atoms with Gasteiger partial charge in [-0.3, -0.25) is 9.80 Å². The highest BCUT2D eigenvalue weighted by Crippen LogP contribution is 2.34. The Morgan fingerprint density at radius 2 is 1.90 bits per heavy atom. The SMILES string of the molecule is O=C1c2cc(-c3nnc(C(F)F)o3)ccc2CN1N1CCOCC1c1ccc(F)cc1. The molecule has 3 aromatic rings. The highest BCUT2D eigenvalue weighted by Gasteiger charge is 2.37. The average molecular weight is 430 g/mol. The normalized spacial score (nSPS) is 19.3. The van der Waals surface area contributed by atoms with Crippen LogP contribution in [0.25, 0.3) is 11.5 Å². The van der Waals surface area contributed by atoms with Crippen LogP contribution in [0, 0.1) is 5.82 Å². The Kier molecular flexibility index (Phi) is 4.95. The molecule has 10 heteroatoms. The molecule has 1 saturated heterocycles. The number of nitrogens with zero attached hydrogens (tertiary/aromatic N) is 4. The Bertz CT molecular complexity index is 1120. The molecule has 2 aromatic carbocycles. The van der Waals surface area contributed by atoms with Crippen LogP contribution in [0.15, 0.2) is 46.9 Å². The molecule has 1 amide bonds. The maximum Gasteiger partial charge on any atom is 0.314 e. The van der Waals surface area contributed by atoms with Gasteiger partial charge in [-0.2, -0.15) is 8.78 Å².